The molecule has 3 atom stereocenters. The third kappa shape index (κ3) is 1.55. The van der Waals surface area contributed by atoms with Crippen LogP contribution in [0.2, 0.25) is 0 Å². The second-order valence-electron chi connectivity index (χ2n) is 5.25. The fourth-order valence-electron chi connectivity index (χ4n) is 3.50. The highest BCUT2D eigenvalue weighted by atomic mass is 16.5. The van der Waals surface area contributed by atoms with Crippen LogP contribution in [0.4, 0.5) is 0 Å². The Labute approximate surface area is 117 Å². The standard InChI is InChI=1S/C15H17NO4/c1-8-7-9-5-4-6-10-11(14(17)19-2)12(15(18)20-3)13(8)16(9)10/h4,6-7,10-12H,5H2,1-3H3/t10-,11+,12+/m0/s1. The molecule has 2 aliphatic rings. The minimum atomic E-state index is -0.589. The van der Waals surface area contributed by atoms with E-state index in [9.17, 15) is 9.59 Å². The third-order valence-electron chi connectivity index (χ3n) is 4.26. The molecule has 3 heterocycles. The number of hydrogen-bond acceptors (Lipinski definition) is 4. The lowest BCUT2D eigenvalue weighted by Gasteiger charge is -2.23. The van der Waals surface area contributed by atoms with E-state index in [1.54, 1.807) is 0 Å². The molecule has 0 unspecified atom stereocenters. The first-order chi connectivity index (χ1) is 9.60. The van der Waals surface area contributed by atoms with Gasteiger partial charge in [0.25, 0.3) is 0 Å². The minimum Gasteiger partial charge on any atom is -0.469 e. The van der Waals surface area contributed by atoms with Crippen LogP contribution in [0, 0.1) is 12.8 Å². The molecular formula is C15H17NO4. The molecule has 0 fully saturated rings. The van der Waals surface area contributed by atoms with E-state index >= 15 is 0 Å². The van der Waals surface area contributed by atoms with E-state index < -0.39 is 11.8 Å². The molecule has 0 saturated carbocycles. The summed E-state index contributed by atoms with van der Waals surface area (Å²) in [6.45, 7) is 1.97. The van der Waals surface area contributed by atoms with Crippen LogP contribution in [0.25, 0.3) is 0 Å². The van der Waals surface area contributed by atoms with Crippen LogP contribution >= 0.6 is 0 Å². The Balaban J connectivity index is 2.18. The molecule has 1 aromatic rings. The summed E-state index contributed by atoms with van der Waals surface area (Å²) in [5.41, 5.74) is 3.04. The number of ether oxygens (including phenoxy) is 2. The third-order valence-corrected chi connectivity index (χ3v) is 4.26. The minimum absolute atomic E-state index is 0.154. The van der Waals surface area contributed by atoms with E-state index in [2.05, 4.69) is 10.6 Å². The van der Waals surface area contributed by atoms with Gasteiger partial charge in [0.05, 0.1) is 26.2 Å². The molecule has 5 nitrogen and oxygen atoms in total. The van der Waals surface area contributed by atoms with E-state index in [1.807, 2.05) is 19.1 Å². The summed E-state index contributed by atoms with van der Waals surface area (Å²) in [6, 6.07) is 1.92. The Morgan fingerprint density at radius 1 is 1.25 bits per heavy atom. The van der Waals surface area contributed by atoms with Gasteiger partial charge in [0.1, 0.15) is 5.92 Å². The predicted molar refractivity (Wildman–Crippen MR) is 71.3 cm³/mol. The van der Waals surface area contributed by atoms with Crippen molar-refractivity contribution >= 4 is 11.9 Å². The van der Waals surface area contributed by atoms with Gasteiger partial charge in [0.15, 0.2) is 0 Å². The number of nitrogens with zero attached hydrogens (tertiary/aromatic N) is 1. The number of aryl methyl sites for hydroxylation is 1. The van der Waals surface area contributed by atoms with Crippen LogP contribution in [0.5, 0.6) is 0 Å². The lowest BCUT2D eigenvalue weighted by atomic mass is 9.85. The SMILES string of the molecule is COC(=O)[C@H]1[C@@H](C(=O)OC)c2c(C)cc3n2[C@H]1C=CC3. The predicted octanol–water partition coefficient (Wildman–Crippen LogP) is 1.51. The van der Waals surface area contributed by atoms with Gasteiger partial charge in [-0.1, -0.05) is 12.2 Å². The van der Waals surface area contributed by atoms with Crippen molar-refractivity contribution < 1.29 is 19.1 Å². The molecule has 0 radical (unpaired) electrons. The smallest absolute Gasteiger partial charge is 0.315 e. The van der Waals surface area contributed by atoms with Gasteiger partial charge in [-0.05, 0) is 18.6 Å². The first-order valence-corrected chi connectivity index (χ1v) is 6.63. The largest absolute Gasteiger partial charge is 0.469 e. The van der Waals surface area contributed by atoms with Crippen molar-refractivity contribution in [3.05, 3.63) is 35.2 Å². The van der Waals surface area contributed by atoms with Crippen molar-refractivity contribution in [2.75, 3.05) is 14.2 Å². The van der Waals surface area contributed by atoms with Gasteiger partial charge in [0, 0.05) is 17.8 Å². The number of carbonyl (C=O) groups is 2. The summed E-state index contributed by atoms with van der Waals surface area (Å²) < 4.78 is 11.9. The van der Waals surface area contributed by atoms with Crippen LogP contribution in [0.3, 0.4) is 0 Å². The van der Waals surface area contributed by atoms with Crippen LogP contribution in [0.1, 0.15) is 28.9 Å². The number of rotatable bonds is 2. The summed E-state index contributed by atoms with van der Waals surface area (Å²) in [5.74, 6) is -1.88. The van der Waals surface area contributed by atoms with Crippen molar-refractivity contribution in [2.24, 2.45) is 5.92 Å². The molecule has 20 heavy (non-hydrogen) atoms. The molecule has 0 saturated heterocycles. The summed E-state index contributed by atoms with van der Waals surface area (Å²) in [6.07, 6.45) is 4.85. The van der Waals surface area contributed by atoms with Crippen LogP contribution < -0.4 is 0 Å². The van der Waals surface area contributed by atoms with E-state index in [-0.39, 0.29) is 18.0 Å². The maximum absolute atomic E-state index is 12.2. The monoisotopic (exact) mass is 275 g/mol. The Morgan fingerprint density at radius 2 is 1.95 bits per heavy atom. The van der Waals surface area contributed by atoms with Crippen molar-refractivity contribution in [2.45, 2.75) is 25.3 Å². The summed E-state index contributed by atoms with van der Waals surface area (Å²) in [7, 11) is 2.70. The lowest BCUT2D eigenvalue weighted by molar-refractivity contribution is -0.154. The van der Waals surface area contributed by atoms with Crippen LogP contribution in [0.15, 0.2) is 18.2 Å². The number of aromatic nitrogens is 1. The zero-order valence-corrected chi connectivity index (χ0v) is 11.8. The topological polar surface area (TPSA) is 57.5 Å². The molecule has 0 N–H and O–H groups in total. The Bertz CT molecular complexity index is 614. The van der Waals surface area contributed by atoms with Gasteiger partial charge in [-0.15, -0.1) is 0 Å². The highest BCUT2D eigenvalue weighted by Crippen LogP contribution is 2.48. The summed E-state index contributed by atoms with van der Waals surface area (Å²) in [4.78, 5) is 24.3. The van der Waals surface area contributed by atoms with Gasteiger partial charge in [0.2, 0.25) is 0 Å². The normalized spacial score (nSPS) is 26.2. The number of esters is 2. The van der Waals surface area contributed by atoms with Crippen LogP contribution in [-0.2, 0) is 25.5 Å². The highest BCUT2D eigenvalue weighted by Gasteiger charge is 2.51. The molecule has 3 rings (SSSR count). The highest BCUT2D eigenvalue weighted by molar-refractivity contribution is 5.88. The Morgan fingerprint density at radius 3 is 2.60 bits per heavy atom. The van der Waals surface area contributed by atoms with E-state index in [1.165, 1.54) is 14.2 Å². The van der Waals surface area contributed by atoms with Crippen molar-refractivity contribution in [3.8, 4) is 0 Å². The zero-order chi connectivity index (χ0) is 14.4. The second kappa shape index (κ2) is 4.51. The molecule has 2 aliphatic heterocycles. The molecule has 0 aliphatic carbocycles. The fourth-order valence-corrected chi connectivity index (χ4v) is 3.50. The van der Waals surface area contributed by atoms with Crippen LogP contribution in [-0.4, -0.2) is 30.7 Å². The number of allylic oxidation sites excluding steroid dienone is 2. The number of hydrogen-bond donors (Lipinski definition) is 0. The fraction of sp³-hybridized carbons (Fsp3) is 0.467. The van der Waals surface area contributed by atoms with E-state index in [0.29, 0.717) is 0 Å². The summed E-state index contributed by atoms with van der Waals surface area (Å²) in [5, 5.41) is 0. The molecule has 0 bridgehead atoms. The maximum atomic E-state index is 12.2. The number of carbonyl (C=O) groups excluding carboxylic acids is 2. The van der Waals surface area contributed by atoms with E-state index in [4.69, 9.17) is 9.47 Å². The average Bonchev–Trinajstić information content (AvgIpc) is 2.98. The van der Waals surface area contributed by atoms with Gasteiger partial charge in [-0.2, -0.15) is 0 Å². The first kappa shape index (κ1) is 13.0. The number of methoxy groups -OCH3 is 2. The van der Waals surface area contributed by atoms with Crippen molar-refractivity contribution in [3.63, 3.8) is 0 Å². The molecule has 0 amide bonds. The molecule has 0 spiro atoms. The van der Waals surface area contributed by atoms with Crippen molar-refractivity contribution in [1.29, 1.82) is 0 Å². The lowest BCUT2D eigenvalue weighted by Crippen LogP contribution is -2.30. The Kier molecular flexibility index (Phi) is 2.92. The average molecular weight is 275 g/mol. The molecule has 1 aromatic heterocycles. The molecule has 0 aromatic carbocycles. The Hall–Kier alpha value is -2.04. The molecule has 5 heteroatoms. The second-order valence-corrected chi connectivity index (χ2v) is 5.25. The molecular weight excluding hydrogens is 258 g/mol. The van der Waals surface area contributed by atoms with Gasteiger partial charge in [-0.25, -0.2) is 0 Å². The van der Waals surface area contributed by atoms with Gasteiger partial charge < -0.3 is 14.0 Å². The van der Waals surface area contributed by atoms with Crippen molar-refractivity contribution in [1.82, 2.24) is 4.57 Å². The quantitative estimate of drug-likeness (QED) is 0.606. The molecule has 106 valence electrons. The van der Waals surface area contributed by atoms with Gasteiger partial charge >= 0.3 is 11.9 Å². The maximum Gasteiger partial charge on any atom is 0.315 e. The van der Waals surface area contributed by atoms with E-state index in [0.717, 1.165) is 23.4 Å². The zero-order valence-electron chi connectivity index (χ0n) is 11.8. The van der Waals surface area contributed by atoms with Gasteiger partial charge in [-0.3, -0.25) is 9.59 Å². The first-order valence-electron chi connectivity index (χ1n) is 6.63. The summed E-state index contributed by atoms with van der Waals surface area (Å²) >= 11 is 0.